The predicted octanol–water partition coefficient (Wildman–Crippen LogP) is 0.689. The summed E-state index contributed by atoms with van der Waals surface area (Å²) in [6.45, 7) is 1.56. The van der Waals surface area contributed by atoms with Gasteiger partial charge in [-0.3, -0.25) is 14.5 Å². The molecule has 20 heavy (non-hydrogen) atoms. The smallest absolute Gasteiger partial charge is 0.307 e. The Hall–Kier alpha value is -1.95. The molecule has 0 aliphatic carbocycles. The van der Waals surface area contributed by atoms with Crippen LogP contribution >= 0.6 is 0 Å². The molecule has 1 amide bonds. The third-order valence-corrected chi connectivity index (χ3v) is 3.30. The van der Waals surface area contributed by atoms with E-state index < -0.39 is 12.0 Å². The van der Waals surface area contributed by atoms with Crippen molar-refractivity contribution in [3.8, 4) is 0 Å². The number of methoxy groups -OCH3 is 1. The van der Waals surface area contributed by atoms with E-state index in [1.807, 2.05) is 4.90 Å². The lowest BCUT2D eigenvalue weighted by Crippen LogP contribution is -2.55. The van der Waals surface area contributed by atoms with Crippen molar-refractivity contribution >= 4 is 11.9 Å². The summed E-state index contributed by atoms with van der Waals surface area (Å²) in [5.41, 5.74) is 0.773. The van der Waals surface area contributed by atoms with Crippen molar-refractivity contribution in [1.29, 1.82) is 0 Å². The minimum atomic E-state index is -0.570. The fourth-order valence-electron chi connectivity index (χ4n) is 2.28. The minimum Gasteiger partial charge on any atom is -0.469 e. The molecule has 1 fully saturated rings. The normalized spacial score (nSPS) is 19.5. The van der Waals surface area contributed by atoms with Crippen molar-refractivity contribution < 1.29 is 18.7 Å². The summed E-state index contributed by atoms with van der Waals surface area (Å²) in [6, 6.07) is 5.66. The molecule has 6 heteroatoms. The van der Waals surface area contributed by atoms with E-state index in [1.54, 1.807) is 12.1 Å². The Morgan fingerprint density at radius 2 is 2.35 bits per heavy atom. The number of esters is 1. The Kier molecular flexibility index (Phi) is 4.68. The Labute approximate surface area is 116 Å². The highest BCUT2D eigenvalue weighted by Crippen LogP contribution is 2.15. The molecule has 0 spiro atoms. The van der Waals surface area contributed by atoms with Crippen LogP contribution in [0.25, 0.3) is 0 Å². The summed E-state index contributed by atoms with van der Waals surface area (Å²) in [5, 5.41) is 2.73. The van der Waals surface area contributed by atoms with Gasteiger partial charge in [-0.05, 0) is 17.7 Å². The second-order valence-electron chi connectivity index (χ2n) is 4.69. The van der Waals surface area contributed by atoms with Crippen molar-refractivity contribution in [2.45, 2.75) is 19.0 Å². The van der Waals surface area contributed by atoms with Gasteiger partial charge in [0.05, 0.1) is 13.5 Å². The molecule has 1 unspecified atom stereocenters. The number of benzene rings is 1. The first-order chi connectivity index (χ1) is 9.60. The highest BCUT2D eigenvalue weighted by atomic mass is 19.1. The monoisotopic (exact) mass is 280 g/mol. The summed E-state index contributed by atoms with van der Waals surface area (Å²) >= 11 is 0. The number of nitrogens with zero attached hydrogens (tertiary/aromatic N) is 1. The van der Waals surface area contributed by atoms with Gasteiger partial charge in [0.25, 0.3) is 0 Å². The molecule has 1 saturated heterocycles. The molecule has 5 nitrogen and oxygen atoms in total. The van der Waals surface area contributed by atoms with Gasteiger partial charge in [-0.1, -0.05) is 12.1 Å². The van der Waals surface area contributed by atoms with E-state index in [2.05, 4.69) is 10.1 Å². The molecule has 1 aromatic rings. The van der Waals surface area contributed by atoms with Crippen LogP contribution in [0.3, 0.4) is 0 Å². The van der Waals surface area contributed by atoms with Crippen LogP contribution in [-0.4, -0.2) is 43.0 Å². The van der Waals surface area contributed by atoms with Crippen molar-refractivity contribution in [1.82, 2.24) is 10.2 Å². The Morgan fingerprint density at radius 3 is 3.05 bits per heavy atom. The molecule has 1 aliphatic rings. The molecule has 2 rings (SSSR count). The van der Waals surface area contributed by atoms with Crippen molar-refractivity contribution in [2.24, 2.45) is 0 Å². The first-order valence-electron chi connectivity index (χ1n) is 6.43. The number of halogens is 1. The van der Waals surface area contributed by atoms with Gasteiger partial charge in [-0.2, -0.15) is 0 Å². The van der Waals surface area contributed by atoms with Crippen LogP contribution in [0.5, 0.6) is 0 Å². The molecule has 108 valence electrons. The van der Waals surface area contributed by atoms with Gasteiger partial charge in [0.1, 0.15) is 11.9 Å². The number of amides is 1. The Bertz CT molecular complexity index is 507. The highest BCUT2D eigenvalue weighted by Gasteiger charge is 2.31. The molecule has 1 aliphatic heterocycles. The SMILES string of the molecule is COC(=O)CC1C(=O)NCCN1Cc1cccc(F)c1. The molecule has 1 aromatic carbocycles. The van der Waals surface area contributed by atoms with E-state index in [0.717, 1.165) is 5.56 Å². The van der Waals surface area contributed by atoms with Crippen LogP contribution in [0.4, 0.5) is 4.39 Å². The van der Waals surface area contributed by atoms with Gasteiger partial charge >= 0.3 is 5.97 Å². The molecule has 0 radical (unpaired) electrons. The third-order valence-electron chi connectivity index (χ3n) is 3.30. The molecule has 0 aromatic heterocycles. The molecule has 1 N–H and O–H groups in total. The lowest BCUT2D eigenvalue weighted by atomic mass is 10.1. The second kappa shape index (κ2) is 6.47. The van der Waals surface area contributed by atoms with Crippen molar-refractivity contribution in [3.63, 3.8) is 0 Å². The van der Waals surface area contributed by atoms with Gasteiger partial charge in [-0.15, -0.1) is 0 Å². The molecular weight excluding hydrogens is 263 g/mol. The number of hydrogen-bond donors (Lipinski definition) is 1. The maximum absolute atomic E-state index is 13.2. The Morgan fingerprint density at radius 1 is 1.55 bits per heavy atom. The summed E-state index contributed by atoms with van der Waals surface area (Å²) in [4.78, 5) is 25.1. The highest BCUT2D eigenvalue weighted by molar-refractivity contribution is 5.87. The first-order valence-corrected chi connectivity index (χ1v) is 6.43. The van der Waals surface area contributed by atoms with Crippen LogP contribution in [-0.2, 0) is 20.9 Å². The number of hydrogen-bond acceptors (Lipinski definition) is 4. The van der Waals surface area contributed by atoms with E-state index >= 15 is 0 Å². The summed E-state index contributed by atoms with van der Waals surface area (Å²) < 4.78 is 17.8. The van der Waals surface area contributed by atoms with Crippen LogP contribution in [0, 0.1) is 5.82 Å². The molecular formula is C14H17FN2O3. The number of ether oxygens (including phenoxy) is 1. The van der Waals surface area contributed by atoms with E-state index in [0.29, 0.717) is 19.6 Å². The van der Waals surface area contributed by atoms with E-state index in [-0.39, 0.29) is 18.1 Å². The maximum atomic E-state index is 13.2. The average molecular weight is 280 g/mol. The van der Waals surface area contributed by atoms with Crippen molar-refractivity contribution in [2.75, 3.05) is 20.2 Å². The van der Waals surface area contributed by atoms with Crippen molar-refractivity contribution in [3.05, 3.63) is 35.6 Å². The quantitative estimate of drug-likeness (QED) is 0.824. The Balaban J connectivity index is 2.10. The first kappa shape index (κ1) is 14.5. The number of nitrogens with one attached hydrogen (secondary N) is 1. The van der Waals surface area contributed by atoms with Gasteiger partial charge in [0.2, 0.25) is 5.91 Å². The van der Waals surface area contributed by atoms with Gasteiger partial charge in [0.15, 0.2) is 0 Å². The van der Waals surface area contributed by atoms with E-state index in [9.17, 15) is 14.0 Å². The lowest BCUT2D eigenvalue weighted by molar-refractivity contribution is -0.146. The van der Waals surface area contributed by atoms with Crippen LogP contribution in [0.2, 0.25) is 0 Å². The third kappa shape index (κ3) is 3.54. The summed E-state index contributed by atoms with van der Waals surface area (Å²) in [6.07, 6.45) is -0.00233. The molecule has 0 saturated carbocycles. The standard InChI is InChI=1S/C14H17FN2O3/c1-20-13(18)8-12-14(19)16-5-6-17(12)9-10-3-2-4-11(15)7-10/h2-4,7,12H,5-6,8-9H2,1H3,(H,16,19). The van der Waals surface area contributed by atoms with Gasteiger partial charge < -0.3 is 10.1 Å². The predicted molar refractivity (Wildman–Crippen MR) is 70.2 cm³/mol. The number of rotatable bonds is 4. The van der Waals surface area contributed by atoms with E-state index in [1.165, 1.54) is 19.2 Å². The average Bonchev–Trinajstić information content (AvgIpc) is 2.42. The van der Waals surface area contributed by atoms with Gasteiger partial charge in [0, 0.05) is 19.6 Å². The summed E-state index contributed by atoms with van der Waals surface area (Å²) in [7, 11) is 1.29. The number of piperazine rings is 1. The van der Waals surface area contributed by atoms with Crippen LogP contribution in [0.15, 0.2) is 24.3 Å². The number of carbonyl (C=O) groups excluding carboxylic acids is 2. The largest absolute Gasteiger partial charge is 0.469 e. The minimum absolute atomic E-state index is 0.00233. The zero-order valence-corrected chi connectivity index (χ0v) is 11.3. The maximum Gasteiger partial charge on any atom is 0.307 e. The zero-order valence-electron chi connectivity index (χ0n) is 11.3. The second-order valence-corrected chi connectivity index (χ2v) is 4.69. The van der Waals surface area contributed by atoms with Crippen LogP contribution in [0.1, 0.15) is 12.0 Å². The lowest BCUT2D eigenvalue weighted by Gasteiger charge is -2.34. The van der Waals surface area contributed by atoms with Gasteiger partial charge in [-0.25, -0.2) is 4.39 Å². The molecule has 1 heterocycles. The van der Waals surface area contributed by atoms with Crippen LogP contribution < -0.4 is 5.32 Å². The topological polar surface area (TPSA) is 58.6 Å². The summed E-state index contributed by atoms with van der Waals surface area (Å²) in [5.74, 6) is -0.942. The fraction of sp³-hybridized carbons (Fsp3) is 0.429. The number of carbonyl (C=O) groups is 2. The molecule has 1 atom stereocenters. The fourth-order valence-corrected chi connectivity index (χ4v) is 2.28. The zero-order chi connectivity index (χ0) is 14.5. The molecule has 0 bridgehead atoms. The van der Waals surface area contributed by atoms with E-state index in [4.69, 9.17) is 0 Å².